The molecule has 1 aromatic heterocycles. The lowest BCUT2D eigenvalue weighted by molar-refractivity contribution is -0.142. The molecule has 0 radical (unpaired) electrons. The number of piperidine rings is 1. The van der Waals surface area contributed by atoms with Crippen molar-refractivity contribution >= 4 is 17.6 Å². The van der Waals surface area contributed by atoms with E-state index in [1.165, 1.54) is 0 Å². The number of aliphatic carboxylic acids is 1. The van der Waals surface area contributed by atoms with E-state index in [0.29, 0.717) is 25.1 Å². The van der Waals surface area contributed by atoms with Gasteiger partial charge >= 0.3 is 5.97 Å². The molecule has 1 aliphatic rings. The van der Waals surface area contributed by atoms with Crippen LogP contribution in [0.2, 0.25) is 0 Å². The second-order valence-corrected chi connectivity index (χ2v) is 5.08. The van der Waals surface area contributed by atoms with Crippen LogP contribution < -0.4 is 10.2 Å². The van der Waals surface area contributed by atoms with Gasteiger partial charge in [0.25, 0.3) is 5.91 Å². The molecule has 2 rings (SSSR count). The van der Waals surface area contributed by atoms with E-state index in [9.17, 15) is 9.59 Å². The van der Waals surface area contributed by atoms with Crippen LogP contribution in [0.25, 0.3) is 0 Å². The summed E-state index contributed by atoms with van der Waals surface area (Å²) in [5, 5.41) is 11.6. The van der Waals surface area contributed by atoms with Gasteiger partial charge in [0, 0.05) is 31.5 Å². The Balaban J connectivity index is 2.16. The van der Waals surface area contributed by atoms with E-state index in [-0.39, 0.29) is 17.9 Å². The van der Waals surface area contributed by atoms with Gasteiger partial charge in [-0.15, -0.1) is 0 Å². The number of nitrogens with one attached hydrogen (secondary N) is 1. The van der Waals surface area contributed by atoms with Gasteiger partial charge in [-0.1, -0.05) is 0 Å². The molecule has 1 saturated heterocycles. The van der Waals surface area contributed by atoms with Crippen LogP contribution in [0.3, 0.4) is 0 Å². The summed E-state index contributed by atoms with van der Waals surface area (Å²) in [6, 6.07) is 3.73. The largest absolute Gasteiger partial charge is 0.481 e. The smallest absolute Gasteiger partial charge is 0.306 e. The molecule has 2 atom stereocenters. The van der Waals surface area contributed by atoms with E-state index in [4.69, 9.17) is 5.11 Å². The first kappa shape index (κ1) is 14.3. The van der Waals surface area contributed by atoms with Gasteiger partial charge in [0.05, 0.1) is 5.92 Å². The number of hydrogen-bond acceptors (Lipinski definition) is 4. The number of carboxylic acid groups (broad SMARTS) is 1. The first-order valence-corrected chi connectivity index (χ1v) is 6.70. The van der Waals surface area contributed by atoms with Crippen molar-refractivity contribution in [3.05, 3.63) is 24.0 Å². The molecule has 0 bridgehead atoms. The van der Waals surface area contributed by atoms with E-state index in [1.807, 2.05) is 13.0 Å². The maximum atomic E-state index is 11.6. The maximum absolute atomic E-state index is 11.6. The van der Waals surface area contributed by atoms with Crippen molar-refractivity contribution in [3.63, 3.8) is 0 Å². The molecule has 6 heteroatoms. The Morgan fingerprint density at radius 3 is 2.85 bits per heavy atom. The molecule has 20 heavy (non-hydrogen) atoms. The van der Waals surface area contributed by atoms with Crippen LogP contribution in [-0.4, -0.2) is 41.6 Å². The van der Waals surface area contributed by atoms with Crippen molar-refractivity contribution in [1.29, 1.82) is 0 Å². The lowest BCUT2D eigenvalue weighted by Gasteiger charge is -2.38. The van der Waals surface area contributed by atoms with Crippen LogP contribution in [-0.2, 0) is 4.79 Å². The second kappa shape index (κ2) is 5.90. The molecule has 1 fully saturated rings. The first-order valence-electron chi connectivity index (χ1n) is 6.70. The minimum absolute atomic E-state index is 0.129. The molecule has 2 heterocycles. The monoisotopic (exact) mass is 277 g/mol. The summed E-state index contributed by atoms with van der Waals surface area (Å²) in [5.74, 6) is -1.22. The fourth-order valence-electron chi connectivity index (χ4n) is 2.63. The molecule has 108 valence electrons. The van der Waals surface area contributed by atoms with E-state index < -0.39 is 5.97 Å². The van der Waals surface area contributed by atoms with Crippen molar-refractivity contribution in [1.82, 2.24) is 10.3 Å². The first-order chi connectivity index (χ1) is 9.52. The number of hydrogen-bond donors (Lipinski definition) is 2. The molecule has 1 amide bonds. The van der Waals surface area contributed by atoms with E-state index in [0.717, 1.165) is 5.69 Å². The standard InChI is InChI=1S/C14H19N3O3/c1-9-7-10(14(19)20)4-6-17(9)11-3-5-16-12(8-11)13(18)15-2/h3,5,8-10H,4,6-7H2,1-2H3,(H,15,18)(H,19,20). The maximum Gasteiger partial charge on any atom is 0.306 e. The van der Waals surface area contributed by atoms with Crippen molar-refractivity contribution in [2.24, 2.45) is 5.92 Å². The predicted molar refractivity (Wildman–Crippen MR) is 74.8 cm³/mol. The molecule has 0 aromatic carbocycles. The van der Waals surface area contributed by atoms with E-state index in [2.05, 4.69) is 15.2 Å². The van der Waals surface area contributed by atoms with Crippen molar-refractivity contribution < 1.29 is 14.7 Å². The quantitative estimate of drug-likeness (QED) is 0.865. The number of aromatic nitrogens is 1. The molecule has 0 aliphatic carbocycles. The van der Waals surface area contributed by atoms with Crippen molar-refractivity contribution in [2.45, 2.75) is 25.8 Å². The normalized spacial score (nSPS) is 22.4. The van der Waals surface area contributed by atoms with Crippen LogP contribution in [0, 0.1) is 5.92 Å². The van der Waals surface area contributed by atoms with Gasteiger partial charge in [-0.3, -0.25) is 14.6 Å². The van der Waals surface area contributed by atoms with Gasteiger partial charge < -0.3 is 15.3 Å². The number of carbonyl (C=O) groups excluding carboxylic acids is 1. The Morgan fingerprint density at radius 2 is 2.25 bits per heavy atom. The van der Waals surface area contributed by atoms with Crippen LogP contribution in [0.5, 0.6) is 0 Å². The molecule has 2 N–H and O–H groups in total. The van der Waals surface area contributed by atoms with E-state index in [1.54, 1.807) is 19.3 Å². The third kappa shape index (κ3) is 2.89. The predicted octanol–water partition coefficient (Wildman–Crippen LogP) is 1.13. The molecular formula is C14H19N3O3. The number of amides is 1. The van der Waals surface area contributed by atoms with Crippen LogP contribution in [0.1, 0.15) is 30.3 Å². The topological polar surface area (TPSA) is 82.5 Å². The third-order valence-corrected chi connectivity index (χ3v) is 3.76. The Labute approximate surface area is 117 Å². The highest BCUT2D eigenvalue weighted by Gasteiger charge is 2.30. The van der Waals surface area contributed by atoms with Crippen molar-refractivity contribution in [3.8, 4) is 0 Å². The number of rotatable bonds is 3. The fraction of sp³-hybridized carbons (Fsp3) is 0.500. The summed E-state index contributed by atoms with van der Waals surface area (Å²) in [4.78, 5) is 28.8. The number of carboxylic acids is 1. The van der Waals surface area contributed by atoms with Crippen LogP contribution in [0.15, 0.2) is 18.3 Å². The molecular weight excluding hydrogens is 258 g/mol. The fourth-order valence-corrected chi connectivity index (χ4v) is 2.63. The van der Waals surface area contributed by atoms with Gasteiger partial charge in [0.15, 0.2) is 0 Å². The van der Waals surface area contributed by atoms with Gasteiger partial charge in [-0.25, -0.2) is 0 Å². The Hall–Kier alpha value is -2.11. The highest BCUT2D eigenvalue weighted by Crippen LogP contribution is 2.28. The summed E-state index contributed by atoms with van der Waals surface area (Å²) in [7, 11) is 1.57. The molecule has 0 spiro atoms. The molecule has 2 unspecified atom stereocenters. The Morgan fingerprint density at radius 1 is 1.50 bits per heavy atom. The Bertz CT molecular complexity index is 518. The number of carbonyl (C=O) groups is 2. The van der Waals surface area contributed by atoms with Crippen LogP contribution in [0.4, 0.5) is 5.69 Å². The van der Waals surface area contributed by atoms with E-state index >= 15 is 0 Å². The van der Waals surface area contributed by atoms with Crippen molar-refractivity contribution in [2.75, 3.05) is 18.5 Å². The molecule has 6 nitrogen and oxygen atoms in total. The summed E-state index contributed by atoms with van der Waals surface area (Å²) in [5.41, 5.74) is 1.28. The average Bonchev–Trinajstić information content (AvgIpc) is 2.46. The summed E-state index contributed by atoms with van der Waals surface area (Å²) < 4.78 is 0. The second-order valence-electron chi connectivity index (χ2n) is 5.08. The van der Waals surface area contributed by atoms with Gasteiger partial charge in [-0.05, 0) is 31.9 Å². The lowest BCUT2D eigenvalue weighted by atomic mass is 9.91. The zero-order chi connectivity index (χ0) is 14.7. The minimum atomic E-state index is -0.725. The summed E-state index contributed by atoms with van der Waals surface area (Å²) in [6.07, 6.45) is 2.85. The molecule has 0 saturated carbocycles. The highest BCUT2D eigenvalue weighted by molar-refractivity contribution is 5.92. The Kier molecular flexibility index (Phi) is 4.22. The molecule has 1 aliphatic heterocycles. The van der Waals surface area contributed by atoms with Gasteiger partial charge in [0.1, 0.15) is 5.69 Å². The number of nitrogens with zero attached hydrogens (tertiary/aromatic N) is 2. The minimum Gasteiger partial charge on any atom is -0.481 e. The zero-order valence-electron chi connectivity index (χ0n) is 11.7. The molecule has 1 aromatic rings. The summed E-state index contributed by atoms with van der Waals surface area (Å²) in [6.45, 7) is 2.68. The summed E-state index contributed by atoms with van der Waals surface area (Å²) >= 11 is 0. The highest BCUT2D eigenvalue weighted by atomic mass is 16.4. The zero-order valence-corrected chi connectivity index (χ0v) is 11.7. The van der Waals surface area contributed by atoms with Gasteiger partial charge in [-0.2, -0.15) is 0 Å². The number of pyridine rings is 1. The third-order valence-electron chi connectivity index (χ3n) is 3.76. The lowest BCUT2D eigenvalue weighted by Crippen LogP contribution is -2.43. The number of anilines is 1. The van der Waals surface area contributed by atoms with Gasteiger partial charge in [0.2, 0.25) is 0 Å². The SMILES string of the molecule is CNC(=O)c1cc(N2CCC(C(=O)O)CC2C)ccn1. The van der Waals surface area contributed by atoms with Crippen LogP contribution >= 0.6 is 0 Å². The average molecular weight is 277 g/mol.